The molecule has 0 saturated carbocycles. The average Bonchev–Trinajstić information content (AvgIpc) is 3.20. The number of rotatable bonds is 9. The summed E-state index contributed by atoms with van der Waals surface area (Å²) in [6, 6.07) is 6.93. The fraction of sp³-hybridized carbons (Fsp3) is 0.300. The van der Waals surface area contributed by atoms with Gasteiger partial charge in [-0.3, -0.25) is 9.59 Å². The molecule has 10 heteroatoms. The van der Waals surface area contributed by atoms with Crippen LogP contribution in [0.4, 0.5) is 5.13 Å². The van der Waals surface area contributed by atoms with Gasteiger partial charge in [-0.05, 0) is 24.6 Å². The SMILES string of the molecule is CCCc1cc(=O)[nH]c(SCC(=O)Nc2nc(-c3cc(OC)ccc3OC)cs2)n1. The van der Waals surface area contributed by atoms with Crippen LogP contribution in [0.2, 0.25) is 0 Å². The summed E-state index contributed by atoms with van der Waals surface area (Å²) < 4.78 is 10.7. The van der Waals surface area contributed by atoms with E-state index < -0.39 is 0 Å². The summed E-state index contributed by atoms with van der Waals surface area (Å²) in [6.07, 6.45) is 1.62. The van der Waals surface area contributed by atoms with E-state index >= 15 is 0 Å². The number of H-pyrrole nitrogens is 1. The fourth-order valence-electron chi connectivity index (χ4n) is 2.69. The molecular formula is C20H22N4O4S2. The van der Waals surface area contributed by atoms with E-state index in [0.29, 0.717) is 27.5 Å². The summed E-state index contributed by atoms with van der Waals surface area (Å²) >= 11 is 2.49. The third kappa shape index (κ3) is 5.61. The number of aryl methyl sites for hydroxylation is 1. The highest BCUT2D eigenvalue weighted by atomic mass is 32.2. The normalized spacial score (nSPS) is 10.6. The number of nitrogens with one attached hydrogen (secondary N) is 2. The van der Waals surface area contributed by atoms with E-state index in [2.05, 4.69) is 20.3 Å². The van der Waals surface area contributed by atoms with Crippen LogP contribution >= 0.6 is 23.1 Å². The first-order valence-electron chi connectivity index (χ1n) is 9.23. The first-order valence-corrected chi connectivity index (χ1v) is 11.1. The lowest BCUT2D eigenvalue weighted by Gasteiger charge is -2.08. The first kappa shape index (κ1) is 21.8. The van der Waals surface area contributed by atoms with Gasteiger partial charge in [0.15, 0.2) is 10.3 Å². The molecule has 0 radical (unpaired) electrons. The molecule has 0 aliphatic carbocycles. The molecule has 30 heavy (non-hydrogen) atoms. The van der Waals surface area contributed by atoms with Crippen LogP contribution in [0.3, 0.4) is 0 Å². The van der Waals surface area contributed by atoms with Gasteiger partial charge in [0.2, 0.25) is 5.91 Å². The van der Waals surface area contributed by atoms with Crippen LogP contribution in [0.1, 0.15) is 19.0 Å². The summed E-state index contributed by atoms with van der Waals surface area (Å²) in [5.41, 5.74) is 1.96. The fourth-order valence-corrected chi connectivity index (χ4v) is 4.12. The van der Waals surface area contributed by atoms with Crippen molar-refractivity contribution < 1.29 is 14.3 Å². The second kappa shape index (κ2) is 10.3. The summed E-state index contributed by atoms with van der Waals surface area (Å²) in [7, 11) is 3.18. The third-order valence-corrected chi connectivity index (χ3v) is 5.68. The molecule has 0 saturated heterocycles. The minimum Gasteiger partial charge on any atom is -0.497 e. The molecule has 2 aromatic heterocycles. The minimum absolute atomic E-state index is 0.107. The highest BCUT2D eigenvalue weighted by molar-refractivity contribution is 7.99. The number of carbonyl (C=O) groups is 1. The summed E-state index contributed by atoms with van der Waals surface area (Å²) in [5.74, 6) is 1.22. The molecule has 0 aliphatic heterocycles. The maximum absolute atomic E-state index is 12.3. The lowest BCUT2D eigenvalue weighted by molar-refractivity contribution is -0.113. The molecule has 1 amide bonds. The van der Waals surface area contributed by atoms with Gasteiger partial charge < -0.3 is 19.8 Å². The van der Waals surface area contributed by atoms with Crippen molar-refractivity contribution >= 4 is 34.1 Å². The molecule has 2 N–H and O–H groups in total. The number of benzene rings is 1. The number of thiazole rings is 1. The van der Waals surface area contributed by atoms with Gasteiger partial charge in [-0.25, -0.2) is 9.97 Å². The number of anilines is 1. The molecule has 2 heterocycles. The zero-order valence-electron chi connectivity index (χ0n) is 16.9. The van der Waals surface area contributed by atoms with Crippen molar-refractivity contribution in [1.29, 1.82) is 0 Å². The summed E-state index contributed by atoms with van der Waals surface area (Å²) in [4.78, 5) is 35.5. The smallest absolute Gasteiger partial charge is 0.251 e. The van der Waals surface area contributed by atoms with Crippen molar-refractivity contribution in [3.8, 4) is 22.8 Å². The van der Waals surface area contributed by atoms with Crippen LogP contribution < -0.4 is 20.3 Å². The zero-order chi connectivity index (χ0) is 21.5. The number of aromatic amines is 1. The molecule has 1 aromatic carbocycles. The number of amides is 1. The van der Waals surface area contributed by atoms with E-state index in [1.54, 1.807) is 14.2 Å². The highest BCUT2D eigenvalue weighted by Gasteiger charge is 2.13. The number of methoxy groups -OCH3 is 2. The highest BCUT2D eigenvalue weighted by Crippen LogP contribution is 2.35. The van der Waals surface area contributed by atoms with Crippen molar-refractivity contribution in [2.75, 3.05) is 25.3 Å². The minimum atomic E-state index is -0.234. The Morgan fingerprint density at radius 1 is 1.23 bits per heavy atom. The molecule has 0 atom stereocenters. The number of hydrogen-bond acceptors (Lipinski definition) is 8. The maximum Gasteiger partial charge on any atom is 0.251 e. The number of hydrogen-bond donors (Lipinski definition) is 2. The summed E-state index contributed by atoms with van der Waals surface area (Å²) in [6.45, 7) is 2.02. The Morgan fingerprint density at radius 3 is 2.80 bits per heavy atom. The lowest BCUT2D eigenvalue weighted by Crippen LogP contribution is -2.15. The van der Waals surface area contributed by atoms with Gasteiger partial charge in [-0.15, -0.1) is 11.3 Å². The van der Waals surface area contributed by atoms with E-state index in [1.807, 2.05) is 30.5 Å². The molecule has 0 aliphatic rings. The average molecular weight is 447 g/mol. The van der Waals surface area contributed by atoms with Gasteiger partial charge >= 0.3 is 0 Å². The molecule has 0 unspecified atom stereocenters. The van der Waals surface area contributed by atoms with E-state index in [9.17, 15) is 9.59 Å². The maximum atomic E-state index is 12.3. The second-order valence-corrected chi connectivity index (χ2v) is 8.05. The molecule has 8 nitrogen and oxygen atoms in total. The predicted molar refractivity (Wildman–Crippen MR) is 119 cm³/mol. The van der Waals surface area contributed by atoms with Crippen molar-refractivity contribution in [1.82, 2.24) is 15.0 Å². The second-order valence-electron chi connectivity index (χ2n) is 6.23. The van der Waals surface area contributed by atoms with Crippen LogP contribution in [0.5, 0.6) is 11.5 Å². The molecule has 0 spiro atoms. The summed E-state index contributed by atoms with van der Waals surface area (Å²) in [5, 5.41) is 5.53. The first-order chi connectivity index (χ1) is 14.5. The Morgan fingerprint density at radius 2 is 2.07 bits per heavy atom. The largest absolute Gasteiger partial charge is 0.497 e. The third-order valence-electron chi connectivity index (χ3n) is 4.05. The van der Waals surface area contributed by atoms with E-state index in [0.717, 1.165) is 24.1 Å². The Bertz CT molecular complexity index is 1080. The van der Waals surface area contributed by atoms with E-state index in [4.69, 9.17) is 9.47 Å². The van der Waals surface area contributed by atoms with Gasteiger partial charge in [0, 0.05) is 22.7 Å². The van der Waals surface area contributed by atoms with Crippen LogP contribution in [0, 0.1) is 0 Å². The molecule has 3 rings (SSSR count). The number of nitrogens with zero attached hydrogens (tertiary/aromatic N) is 2. The van der Waals surface area contributed by atoms with Crippen molar-refractivity contribution in [2.45, 2.75) is 24.9 Å². The number of aromatic nitrogens is 3. The van der Waals surface area contributed by atoms with Crippen molar-refractivity contribution in [3.05, 3.63) is 45.7 Å². The topological polar surface area (TPSA) is 106 Å². The Balaban J connectivity index is 1.65. The van der Waals surface area contributed by atoms with E-state index in [-0.39, 0.29) is 17.2 Å². The standard InChI is InChI=1S/C20H22N4O4S2/c1-4-5-12-8-17(25)23-19(21-12)30-11-18(26)24-20-22-15(10-29-20)14-9-13(27-2)6-7-16(14)28-3/h6-10H,4-5,11H2,1-3H3,(H,21,23,25)(H,22,24,26). The van der Waals surface area contributed by atoms with Gasteiger partial charge in [0.25, 0.3) is 5.56 Å². The van der Waals surface area contributed by atoms with Crippen LogP contribution in [0.25, 0.3) is 11.3 Å². The Kier molecular flexibility index (Phi) is 7.47. The molecule has 3 aromatic rings. The molecule has 0 bridgehead atoms. The van der Waals surface area contributed by atoms with Crippen molar-refractivity contribution in [2.24, 2.45) is 0 Å². The Labute approximate surface area is 182 Å². The predicted octanol–water partition coefficient (Wildman–Crippen LogP) is 3.59. The van der Waals surface area contributed by atoms with Gasteiger partial charge in [0.05, 0.1) is 25.7 Å². The zero-order valence-corrected chi connectivity index (χ0v) is 18.5. The molecular weight excluding hydrogens is 424 g/mol. The lowest BCUT2D eigenvalue weighted by atomic mass is 10.1. The molecule has 0 fully saturated rings. The van der Waals surface area contributed by atoms with Crippen LogP contribution in [-0.2, 0) is 11.2 Å². The van der Waals surface area contributed by atoms with Gasteiger partial charge in [0.1, 0.15) is 11.5 Å². The quantitative estimate of drug-likeness (QED) is 0.382. The van der Waals surface area contributed by atoms with E-state index in [1.165, 1.54) is 29.2 Å². The van der Waals surface area contributed by atoms with Gasteiger partial charge in [-0.2, -0.15) is 0 Å². The monoisotopic (exact) mass is 446 g/mol. The van der Waals surface area contributed by atoms with Crippen LogP contribution in [-0.4, -0.2) is 40.8 Å². The number of thioether (sulfide) groups is 1. The Hall–Kier alpha value is -2.85. The van der Waals surface area contributed by atoms with Gasteiger partial charge in [-0.1, -0.05) is 25.1 Å². The van der Waals surface area contributed by atoms with Crippen LogP contribution in [0.15, 0.2) is 39.6 Å². The van der Waals surface area contributed by atoms with Crippen molar-refractivity contribution in [3.63, 3.8) is 0 Å². The number of ether oxygens (including phenoxy) is 2. The number of carbonyl (C=O) groups excluding carboxylic acids is 1. The molecule has 158 valence electrons.